The minimum atomic E-state index is -3.64. The summed E-state index contributed by atoms with van der Waals surface area (Å²) in [6.07, 6.45) is 0. The Kier molecular flexibility index (Phi) is 4.42. The lowest BCUT2D eigenvalue weighted by molar-refractivity contribution is 0.601. The van der Waals surface area contributed by atoms with E-state index in [9.17, 15) is 8.42 Å². The first-order chi connectivity index (χ1) is 9.29. The van der Waals surface area contributed by atoms with Gasteiger partial charge in [-0.1, -0.05) is 33.6 Å². The van der Waals surface area contributed by atoms with Crippen molar-refractivity contribution < 1.29 is 8.42 Å². The molecule has 0 saturated carbocycles. The van der Waals surface area contributed by atoms with Crippen LogP contribution in [0.5, 0.6) is 0 Å². The summed E-state index contributed by atoms with van der Waals surface area (Å²) < 4.78 is 27.9. The molecule has 0 bridgehead atoms. The van der Waals surface area contributed by atoms with Gasteiger partial charge in [0, 0.05) is 4.47 Å². The zero-order valence-electron chi connectivity index (χ0n) is 10.9. The summed E-state index contributed by atoms with van der Waals surface area (Å²) in [7, 11) is -3.64. The molecule has 0 aliphatic heterocycles. The number of benzene rings is 2. The van der Waals surface area contributed by atoms with Crippen LogP contribution in [-0.4, -0.2) is 8.42 Å². The van der Waals surface area contributed by atoms with Crippen LogP contribution in [0.2, 0.25) is 5.02 Å². The van der Waals surface area contributed by atoms with Crippen LogP contribution in [0.15, 0.2) is 45.8 Å². The second kappa shape index (κ2) is 5.76. The Morgan fingerprint density at radius 2 is 1.75 bits per heavy atom. The van der Waals surface area contributed by atoms with Gasteiger partial charge in [0.05, 0.1) is 15.6 Å². The number of anilines is 1. The molecule has 6 heteroatoms. The zero-order chi connectivity index (χ0) is 14.9. The maximum atomic E-state index is 12.3. The van der Waals surface area contributed by atoms with Gasteiger partial charge in [0.15, 0.2) is 0 Å². The van der Waals surface area contributed by atoms with E-state index in [1.807, 2.05) is 13.8 Å². The number of sulfonamides is 1. The van der Waals surface area contributed by atoms with Crippen LogP contribution >= 0.6 is 27.5 Å². The Morgan fingerprint density at radius 3 is 2.35 bits per heavy atom. The molecule has 0 spiro atoms. The SMILES string of the molecule is Cc1ccc(S(=O)(=O)Nc2ccc(Br)cc2Cl)cc1C. The number of halogens is 2. The van der Waals surface area contributed by atoms with E-state index in [1.54, 1.807) is 36.4 Å². The lowest BCUT2D eigenvalue weighted by atomic mass is 10.1. The second-order valence-electron chi connectivity index (χ2n) is 4.48. The maximum Gasteiger partial charge on any atom is 0.261 e. The summed E-state index contributed by atoms with van der Waals surface area (Å²) >= 11 is 9.30. The summed E-state index contributed by atoms with van der Waals surface area (Å²) in [5.74, 6) is 0. The molecule has 2 aromatic carbocycles. The Morgan fingerprint density at radius 1 is 1.05 bits per heavy atom. The summed E-state index contributed by atoms with van der Waals surface area (Å²) in [6.45, 7) is 3.81. The Labute approximate surface area is 132 Å². The van der Waals surface area contributed by atoms with E-state index in [0.29, 0.717) is 10.7 Å². The molecule has 3 nitrogen and oxygen atoms in total. The number of aryl methyl sites for hydroxylation is 2. The summed E-state index contributed by atoms with van der Waals surface area (Å²) in [6, 6.07) is 9.99. The Balaban J connectivity index is 2.38. The monoisotopic (exact) mass is 373 g/mol. The van der Waals surface area contributed by atoms with E-state index in [4.69, 9.17) is 11.6 Å². The van der Waals surface area contributed by atoms with E-state index in [1.165, 1.54) is 0 Å². The van der Waals surface area contributed by atoms with Crippen molar-refractivity contribution in [3.63, 3.8) is 0 Å². The van der Waals surface area contributed by atoms with Crippen molar-refractivity contribution in [2.24, 2.45) is 0 Å². The molecule has 0 aliphatic rings. The molecule has 0 aromatic heterocycles. The fourth-order valence-corrected chi connectivity index (χ4v) is 3.60. The predicted molar refractivity (Wildman–Crippen MR) is 85.9 cm³/mol. The van der Waals surface area contributed by atoms with Gasteiger partial charge in [-0.3, -0.25) is 4.72 Å². The maximum absolute atomic E-state index is 12.3. The van der Waals surface area contributed by atoms with Crippen LogP contribution < -0.4 is 4.72 Å². The second-order valence-corrected chi connectivity index (χ2v) is 7.48. The van der Waals surface area contributed by atoms with E-state index in [2.05, 4.69) is 20.7 Å². The van der Waals surface area contributed by atoms with Crippen molar-refractivity contribution in [2.45, 2.75) is 18.7 Å². The van der Waals surface area contributed by atoms with Crippen LogP contribution in [0.1, 0.15) is 11.1 Å². The third-order valence-electron chi connectivity index (χ3n) is 2.96. The quantitative estimate of drug-likeness (QED) is 0.858. The normalized spacial score (nSPS) is 11.4. The molecule has 0 aliphatic carbocycles. The third kappa shape index (κ3) is 3.34. The molecule has 0 saturated heterocycles. The largest absolute Gasteiger partial charge is 0.278 e. The lowest BCUT2D eigenvalue weighted by Crippen LogP contribution is -2.13. The van der Waals surface area contributed by atoms with Crippen LogP contribution in [0.3, 0.4) is 0 Å². The highest BCUT2D eigenvalue weighted by atomic mass is 79.9. The van der Waals surface area contributed by atoms with Gasteiger partial charge < -0.3 is 0 Å². The van der Waals surface area contributed by atoms with Gasteiger partial charge in [0.1, 0.15) is 0 Å². The van der Waals surface area contributed by atoms with E-state index in [0.717, 1.165) is 15.6 Å². The van der Waals surface area contributed by atoms with Gasteiger partial charge in [-0.2, -0.15) is 0 Å². The molecule has 0 unspecified atom stereocenters. The zero-order valence-corrected chi connectivity index (χ0v) is 14.1. The highest BCUT2D eigenvalue weighted by Crippen LogP contribution is 2.28. The Bertz CT molecular complexity index is 760. The van der Waals surface area contributed by atoms with Crippen LogP contribution in [-0.2, 0) is 10.0 Å². The number of hydrogen-bond donors (Lipinski definition) is 1. The standard InChI is InChI=1S/C14H13BrClNO2S/c1-9-3-5-12(7-10(9)2)20(18,19)17-14-6-4-11(15)8-13(14)16/h3-8,17H,1-2H3. The molecule has 2 rings (SSSR count). The first kappa shape index (κ1) is 15.4. The molecule has 1 N–H and O–H groups in total. The van der Waals surface area contributed by atoms with Gasteiger partial charge in [-0.25, -0.2) is 8.42 Å². The molecule has 20 heavy (non-hydrogen) atoms. The smallest absolute Gasteiger partial charge is 0.261 e. The summed E-state index contributed by atoms with van der Waals surface area (Å²) in [5.41, 5.74) is 2.33. The van der Waals surface area contributed by atoms with Crippen LogP contribution in [0.4, 0.5) is 5.69 Å². The molecule has 2 aromatic rings. The highest BCUT2D eigenvalue weighted by molar-refractivity contribution is 9.10. The van der Waals surface area contributed by atoms with Crippen molar-refractivity contribution in [2.75, 3.05) is 4.72 Å². The van der Waals surface area contributed by atoms with Crippen molar-refractivity contribution in [3.8, 4) is 0 Å². The van der Waals surface area contributed by atoms with Crippen molar-refractivity contribution in [1.29, 1.82) is 0 Å². The molecule has 0 amide bonds. The summed E-state index contributed by atoms with van der Waals surface area (Å²) in [5, 5.41) is 0.340. The van der Waals surface area contributed by atoms with Crippen molar-refractivity contribution in [3.05, 3.63) is 57.0 Å². The number of nitrogens with one attached hydrogen (secondary N) is 1. The predicted octanol–water partition coefficient (Wildman–Crippen LogP) is 4.52. The summed E-state index contributed by atoms with van der Waals surface area (Å²) in [4.78, 5) is 0.222. The van der Waals surface area contributed by atoms with Crippen molar-refractivity contribution in [1.82, 2.24) is 0 Å². The van der Waals surface area contributed by atoms with Gasteiger partial charge in [0.25, 0.3) is 10.0 Å². The molecule has 106 valence electrons. The van der Waals surface area contributed by atoms with Gasteiger partial charge in [0.2, 0.25) is 0 Å². The average molecular weight is 375 g/mol. The van der Waals surface area contributed by atoms with Gasteiger partial charge in [-0.15, -0.1) is 0 Å². The Hall–Kier alpha value is -1.04. The van der Waals surface area contributed by atoms with Gasteiger partial charge in [-0.05, 0) is 55.3 Å². The fraction of sp³-hybridized carbons (Fsp3) is 0.143. The molecule has 0 fully saturated rings. The first-order valence-electron chi connectivity index (χ1n) is 5.85. The molecular weight excluding hydrogens is 362 g/mol. The van der Waals surface area contributed by atoms with Crippen LogP contribution in [0, 0.1) is 13.8 Å². The first-order valence-corrected chi connectivity index (χ1v) is 8.50. The van der Waals surface area contributed by atoms with Gasteiger partial charge >= 0.3 is 0 Å². The highest BCUT2D eigenvalue weighted by Gasteiger charge is 2.16. The minimum Gasteiger partial charge on any atom is -0.278 e. The number of hydrogen-bond acceptors (Lipinski definition) is 2. The third-order valence-corrected chi connectivity index (χ3v) is 5.13. The van der Waals surface area contributed by atoms with E-state index < -0.39 is 10.0 Å². The van der Waals surface area contributed by atoms with Crippen molar-refractivity contribution >= 4 is 43.2 Å². The van der Waals surface area contributed by atoms with Crippen LogP contribution in [0.25, 0.3) is 0 Å². The molecule has 0 atom stereocenters. The van der Waals surface area contributed by atoms with E-state index >= 15 is 0 Å². The molecular formula is C14H13BrClNO2S. The van der Waals surface area contributed by atoms with E-state index in [-0.39, 0.29) is 4.90 Å². The topological polar surface area (TPSA) is 46.2 Å². The lowest BCUT2D eigenvalue weighted by Gasteiger charge is -2.11. The minimum absolute atomic E-state index is 0.222. The average Bonchev–Trinajstić information content (AvgIpc) is 2.36. The number of rotatable bonds is 3. The molecule has 0 radical (unpaired) electrons. The fourth-order valence-electron chi connectivity index (χ4n) is 1.66. The molecule has 0 heterocycles.